The number of urea groups is 1. The van der Waals surface area contributed by atoms with E-state index < -0.39 is 17.9 Å². The third-order valence-corrected chi connectivity index (χ3v) is 2.76. The fourth-order valence-corrected chi connectivity index (χ4v) is 1.64. The summed E-state index contributed by atoms with van der Waals surface area (Å²) in [6, 6.07) is -0.467. The van der Waals surface area contributed by atoms with Gasteiger partial charge in [-0.05, 0) is 26.7 Å². The lowest BCUT2D eigenvalue weighted by molar-refractivity contribution is -0.143. The van der Waals surface area contributed by atoms with Gasteiger partial charge in [0.15, 0.2) is 0 Å². The van der Waals surface area contributed by atoms with E-state index in [0.29, 0.717) is 0 Å². The molecule has 0 aliphatic rings. The number of rotatable bonds is 7. The first kappa shape index (κ1) is 19.2. The summed E-state index contributed by atoms with van der Waals surface area (Å²) in [6.07, 6.45) is 0.178. The van der Waals surface area contributed by atoms with Gasteiger partial charge in [-0.3, -0.25) is 9.59 Å². The molecule has 0 aliphatic heterocycles. The van der Waals surface area contributed by atoms with Gasteiger partial charge in [0.05, 0.1) is 5.92 Å². The van der Waals surface area contributed by atoms with Crippen LogP contribution < -0.4 is 16.0 Å². The Morgan fingerprint density at radius 1 is 1.10 bits per heavy atom. The molecule has 1 unspecified atom stereocenters. The molecule has 0 bridgehead atoms. The number of amides is 3. The number of carbonyl (C=O) groups is 3. The van der Waals surface area contributed by atoms with Gasteiger partial charge >= 0.3 is 12.0 Å². The number of carbonyl (C=O) groups excluding carboxylic acids is 2. The Morgan fingerprint density at radius 3 is 2.10 bits per heavy atom. The molecule has 0 heterocycles. The van der Waals surface area contributed by atoms with Crippen LogP contribution in [0, 0.1) is 11.8 Å². The molecule has 122 valence electrons. The van der Waals surface area contributed by atoms with Crippen LogP contribution in [0.3, 0.4) is 0 Å². The number of hydrogen-bond acceptors (Lipinski definition) is 3. The van der Waals surface area contributed by atoms with Gasteiger partial charge in [-0.15, -0.1) is 0 Å². The predicted molar refractivity (Wildman–Crippen MR) is 79.9 cm³/mol. The molecule has 0 spiro atoms. The van der Waals surface area contributed by atoms with E-state index in [-0.39, 0.29) is 36.9 Å². The second-order valence-electron chi connectivity index (χ2n) is 6.37. The van der Waals surface area contributed by atoms with Crippen molar-refractivity contribution in [1.29, 1.82) is 0 Å². The largest absolute Gasteiger partial charge is 0.481 e. The van der Waals surface area contributed by atoms with Crippen LogP contribution in [0.4, 0.5) is 4.79 Å². The highest BCUT2D eigenvalue weighted by molar-refractivity contribution is 5.79. The van der Waals surface area contributed by atoms with Crippen molar-refractivity contribution in [3.05, 3.63) is 0 Å². The van der Waals surface area contributed by atoms with Gasteiger partial charge in [0.2, 0.25) is 5.91 Å². The molecule has 4 N–H and O–H groups in total. The monoisotopic (exact) mass is 301 g/mol. The minimum Gasteiger partial charge on any atom is -0.481 e. The molecule has 0 aromatic carbocycles. The van der Waals surface area contributed by atoms with E-state index in [1.165, 1.54) is 0 Å². The van der Waals surface area contributed by atoms with Crippen molar-refractivity contribution in [2.75, 3.05) is 13.1 Å². The predicted octanol–water partition coefficient (Wildman–Crippen LogP) is 0.947. The molecular weight excluding hydrogens is 274 g/mol. The SMILES string of the molecule is CC(C)C(CNC(=O)NCCC(=O)NC(C)(C)C)C(=O)O. The van der Waals surface area contributed by atoms with Gasteiger partial charge in [-0.1, -0.05) is 13.8 Å². The Balaban J connectivity index is 3.96. The maximum Gasteiger partial charge on any atom is 0.314 e. The Bertz CT molecular complexity index is 375. The van der Waals surface area contributed by atoms with Crippen LogP contribution in [-0.4, -0.2) is 41.6 Å². The fourth-order valence-electron chi connectivity index (χ4n) is 1.64. The van der Waals surface area contributed by atoms with Crippen LogP contribution in [-0.2, 0) is 9.59 Å². The minimum atomic E-state index is -0.935. The summed E-state index contributed by atoms with van der Waals surface area (Å²) >= 11 is 0. The van der Waals surface area contributed by atoms with Gasteiger partial charge in [0.1, 0.15) is 0 Å². The van der Waals surface area contributed by atoms with Crippen LogP contribution in [0.5, 0.6) is 0 Å². The summed E-state index contributed by atoms with van der Waals surface area (Å²) in [6.45, 7) is 9.47. The standard InChI is InChI=1S/C14H27N3O4/c1-9(2)10(12(19)20)8-16-13(21)15-7-6-11(18)17-14(3,4)5/h9-10H,6-8H2,1-5H3,(H,17,18)(H,19,20)(H2,15,16,21). The Morgan fingerprint density at radius 2 is 1.67 bits per heavy atom. The molecule has 0 aromatic rings. The van der Waals surface area contributed by atoms with Crippen molar-refractivity contribution >= 4 is 17.9 Å². The average Bonchev–Trinajstić information content (AvgIpc) is 2.25. The second kappa shape index (κ2) is 8.49. The number of carboxylic acid groups (broad SMARTS) is 1. The summed E-state index contributed by atoms with van der Waals surface area (Å²) in [5, 5.41) is 16.8. The smallest absolute Gasteiger partial charge is 0.314 e. The molecular formula is C14H27N3O4. The van der Waals surface area contributed by atoms with E-state index in [2.05, 4.69) is 16.0 Å². The zero-order valence-corrected chi connectivity index (χ0v) is 13.4. The van der Waals surface area contributed by atoms with Crippen LogP contribution in [0.25, 0.3) is 0 Å². The van der Waals surface area contributed by atoms with Gasteiger partial charge in [0.25, 0.3) is 0 Å². The third kappa shape index (κ3) is 9.70. The molecule has 1 atom stereocenters. The van der Waals surface area contributed by atoms with E-state index in [1.807, 2.05) is 20.8 Å². The van der Waals surface area contributed by atoms with Crippen molar-refractivity contribution in [2.24, 2.45) is 11.8 Å². The molecule has 0 aromatic heterocycles. The van der Waals surface area contributed by atoms with Crippen LogP contribution >= 0.6 is 0 Å². The van der Waals surface area contributed by atoms with Crippen molar-refractivity contribution in [1.82, 2.24) is 16.0 Å². The van der Waals surface area contributed by atoms with Crippen LogP contribution in [0.2, 0.25) is 0 Å². The normalized spacial score (nSPS) is 12.7. The van der Waals surface area contributed by atoms with Gasteiger partial charge in [-0.25, -0.2) is 4.79 Å². The first-order valence-corrected chi connectivity index (χ1v) is 7.08. The lowest BCUT2D eigenvalue weighted by Gasteiger charge is -2.20. The zero-order chi connectivity index (χ0) is 16.6. The highest BCUT2D eigenvalue weighted by atomic mass is 16.4. The van der Waals surface area contributed by atoms with Crippen molar-refractivity contribution in [2.45, 2.75) is 46.6 Å². The molecule has 0 rings (SSSR count). The fraction of sp³-hybridized carbons (Fsp3) is 0.786. The Hall–Kier alpha value is -1.79. The average molecular weight is 301 g/mol. The van der Waals surface area contributed by atoms with Crippen molar-refractivity contribution in [3.63, 3.8) is 0 Å². The van der Waals surface area contributed by atoms with Crippen molar-refractivity contribution < 1.29 is 19.5 Å². The van der Waals surface area contributed by atoms with Crippen molar-refractivity contribution in [3.8, 4) is 0 Å². The molecule has 7 heteroatoms. The minimum absolute atomic E-state index is 0.0625. The Labute approximate surface area is 125 Å². The van der Waals surface area contributed by atoms with E-state index in [4.69, 9.17) is 5.11 Å². The summed E-state index contributed by atoms with van der Waals surface area (Å²) in [4.78, 5) is 34.0. The molecule has 7 nitrogen and oxygen atoms in total. The highest BCUT2D eigenvalue weighted by Crippen LogP contribution is 2.09. The van der Waals surface area contributed by atoms with E-state index in [1.54, 1.807) is 13.8 Å². The molecule has 3 amide bonds. The van der Waals surface area contributed by atoms with Gasteiger partial charge in [-0.2, -0.15) is 0 Å². The van der Waals surface area contributed by atoms with Crippen LogP contribution in [0.1, 0.15) is 41.0 Å². The number of aliphatic carboxylic acids is 1. The van der Waals surface area contributed by atoms with Gasteiger partial charge in [0, 0.05) is 25.0 Å². The Kier molecular flexibility index (Phi) is 7.76. The number of nitrogens with one attached hydrogen (secondary N) is 3. The zero-order valence-electron chi connectivity index (χ0n) is 13.4. The first-order chi connectivity index (χ1) is 9.53. The molecule has 0 fully saturated rings. The lowest BCUT2D eigenvalue weighted by Crippen LogP contribution is -2.44. The first-order valence-electron chi connectivity index (χ1n) is 7.08. The summed E-state index contributed by atoms with van der Waals surface area (Å²) < 4.78 is 0. The van der Waals surface area contributed by atoms with Crippen LogP contribution in [0.15, 0.2) is 0 Å². The van der Waals surface area contributed by atoms with Gasteiger partial charge < -0.3 is 21.1 Å². The topological polar surface area (TPSA) is 108 Å². The summed E-state index contributed by atoms with van der Waals surface area (Å²) in [5.74, 6) is -1.77. The number of carboxylic acids is 1. The maximum absolute atomic E-state index is 11.5. The maximum atomic E-state index is 11.5. The summed E-state index contributed by atoms with van der Waals surface area (Å²) in [7, 11) is 0. The highest BCUT2D eigenvalue weighted by Gasteiger charge is 2.21. The van der Waals surface area contributed by atoms with E-state index in [9.17, 15) is 14.4 Å². The second-order valence-corrected chi connectivity index (χ2v) is 6.37. The molecule has 0 radical (unpaired) electrons. The quantitative estimate of drug-likeness (QED) is 0.561. The molecule has 0 saturated carbocycles. The third-order valence-electron chi connectivity index (χ3n) is 2.76. The van der Waals surface area contributed by atoms with E-state index in [0.717, 1.165) is 0 Å². The summed E-state index contributed by atoms with van der Waals surface area (Å²) in [5.41, 5.74) is -0.300. The lowest BCUT2D eigenvalue weighted by atomic mass is 9.96. The molecule has 21 heavy (non-hydrogen) atoms. The molecule has 0 aliphatic carbocycles. The molecule has 0 saturated heterocycles. The van der Waals surface area contributed by atoms with E-state index >= 15 is 0 Å². The number of hydrogen-bond donors (Lipinski definition) is 4.